The third-order valence-electron chi connectivity index (χ3n) is 3.55. The van der Waals surface area contributed by atoms with E-state index in [9.17, 15) is 0 Å². The molecule has 0 saturated heterocycles. The molecule has 0 unspecified atom stereocenters. The van der Waals surface area contributed by atoms with Crippen molar-refractivity contribution in [2.75, 3.05) is 5.75 Å². The van der Waals surface area contributed by atoms with Crippen molar-refractivity contribution in [1.29, 1.82) is 0 Å². The summed E-state index contributed by atoms with van der Waals surface area (Å²) in [4.78, 5) is 1.39. The van der Waals surface area contributed by atoms with Crippen LogP contribution in [0, 0.1) is 5.92 Å². The van der Waals surface area contributed by atoms with Crippen LogP contribution >= 0.6 is 27.7 Å². The molecule has 0 atom stereocenters. The molecule has 17 heavy (non-hydrogen) atoms. The molecule has 0 aromatic heterocycles. The van der Waals surface area contributed by atoms with Crippen LogP contribution in [0.25, 0.3) is 0 Å². The monoisotopic (exact) mass is 312 g/mol. The number of benzene rings is 1. The Morgan fingerprint density at radius 2 is 2.00 bits per heavy atom. The zero-order valence-corrected chi connectivity index (χ0v) is 12.7. The highest BCUT2D eigenvalue weighted by molar-refractivity contribution is 9.10. The van der Waals surface area contributed by atoms with Crippen LogP contribution in [0.15, 0.2) is 33.6 Å². The Morgan fingerprint density at radius 1 is 1.18 bits per heavy atom. The highest BCUT2D eigenvalue weighted by Crippen LogP contribution is 2.29. The second-order valence-electron chi connectivity index (χ2n) is 4.95. The minimum absolute atomic E-state index is 1.03. The van der Waals surface area contributed by atoms with E-state index in [0.717, 1.165) is 5.92 Å². The van der Waals surface area contributed by atoms with Gasteiger partial charge in [0.15, 0.2) is 0 Å². The van der Waals surface area contributed by atoms with E-state index in [-0.39, 0.29) is 0 Å². The van der Waals surface area contributed by atoms with Crippen molar-refractivity contribution in [3.63, 3.8) is 0 Å². The second kappa shape index (κ2) is 7.48. The normalized spacial score (nSPS) is 17.2. The van der Waals surface area contributed by atoms with Gasteiger partial charge in [0.2, 0.25) is 0 Å². The first-order chi connectivity index (χ1) is 8.34. The van der Waals surface area contributed by atoms with E-state index < -0.39 is 0 Å². The summed E-state index contributed by atoms with van der Waals surface area (Å²) in [5.41, 5.74) is 0. The van der Waals surface area contributed by atoms with E-state index in [0.29, 0.717) is 0 Å². The molecular formula is C15H21BrS. The predicted molar refractivity (Wildman–Crippen MR) is 80.7 cm³/mol. The highest BCUT2D eigenvalue weighted by Gasteiger charge is 2.12. The van der Waals surface area contributed by atoms with Crippen molar-refractivity contribution < 1.29 is 0 Å². The minimum atomic E-state index is 1.03. The molecule has 0 N–H and O–H groups in total. The largest absolute Gasteiger partial charge is 0.126 e. The number of rotatable bonds is 5. The highest BCUT2D eigenvalue weighted by atomic mass is 79.9. The molecule has 1 aliphatic rings. The molecule has 1 aromatic rings. The third-order valence-corrected chi connectivity index (χ3v) is 5.12. The number of hydrogen-bond acceptors (Lipinski definition) is 1. The maximum absolute atomic E-state index is 3.52. The van der Waals surface area contributed by atoms with Gasteiger partial charge in [-0.15, -0.1) is 11.8 Å². The standard InChI is InChI=1S/C15H21BrS/c16-14-9-4-10-15(12-14)17-11-5-8-13-6-2-1-3-7-13/h4,9-10,12-13H,1-3,5-8,11H2. The van der Waals surface area contributed by atoms with Gasteiger partial charge >= 0.3 is 0 Å². The quantitative estimate of drug-likeness (QED) is 0.481. The second-order valence-corrected chi connectivity index (χ2v) is 7.04. The summed E-state index contributed by atoms with van der Waals surface area (Å²) >= 11 is 5.51. The van der Waals surface area contributed by atoms with Crippen LogP contribution in [0.1, 0.15) is 44.9 Å². The van der Waals surface area contributed by atoms with Crippen LogP contribution in [0.4, 0.5) is 0 Å². The van der Waals surface area contributed by atoms with Gasteiger partial charge in [-0.05, 0) is 42.7 Å². The van der Waals surface area contributed by atoms with Gasteiger partial charge in [0.05, 0.1) is 0 Å². The van der Waals surface area contributed by atoms with Crippen molar-refractivity contribution in [3.8, 4) is 0 Å². The van der Waals surface area contributed by atoms with Gasteiger partial charge in [0.1, 0.15) is 0 Å². The fourth-order valence-electron chi connectivity index (χ4n) is 2.59. The summed E-state index contributed by atoms with van der Waals surface area (Å²) in [6, 6.07) is 8.63. The first kappa shape index (κ1) is 13.5. The van der Waals surface area contributed by atoms with Crippen LogP contribution < -0.4 is 0 Å². The van der Waals surface area contributed by atoms with Crippen LogP contribution in [-0.4, -0.2) is 5.75 Å². The molecule has 0 radical (unpaired) electrons. The van der Waals surface area contributed by atoms with Crippen molar-refractivity contribution in [1.82, 2.24) is 0 Å². The SMILES string of the molecule is Brc1cccc(SCCCC2CCCCC2)c1. The lowest BCUT2D eigenvalue weighted by Crippen LogP contribution is -2.06. The van der Waals surface area contributed by atoms with E-state index >= 15 is 0 Å². The average molecular weight is 313 g/mol. The number of hydrogen-bond donors (Lipinski definition) is 0. The molecule has 0 aliphatic heterocycles. The molecule has 2 rings (SSSR count). The molecule has 94 valence electrons. The Balaban J connectivity index is 1.62. The fourth-order valence-corrected chi connectivity index (χ4v) is 4.08. The zero-order chi connectivity index (χ0) is 11.9. The molecule has 0 spiro atoms. The average Bonchev–Trinajstić information content (AvgIpc) is 2.36. The summed E-state index contributed by atoms with van der Waals surface area (Å²) in [5.74, 6) is 2.30. The molecule has 1 saturated carbocycles. The summed E-state index contributed by atoms with van der Waals surface area (Å²) in [6.45, 7) is 0. The number of halogens is 1. The lowest BCUT2D eigenvalue weighted by Gasteiger charge is -2.21. The topological polar surface area (TPSA) is 0 Å². The Labute approximate surface area is 118 Å². The zero-order valence-electron chi connectivity index (χ0n) is 10.3. The Kier molecular flexibility index (Phi) is 5.93. The third kappa shape index (κ3) is 5.05. The molecule has 1 aliphatic carbocycles. The first-order valence-corrected chi connectivity index (χ1v) is 8.51. The van der Waals surface area contributed by atoms with Crippen molar-refractivity contribution >= 4 is 27.7 Å². The van der Waals surface area contributed by atoms with Gasteiger partial charge in [0, 0.05) is 9.37 Å². The smallest absolute Gasteiger partial charge is 0.0186 e. The van der Waals surface area contributed by atoms with E-state index in [4.69, 9.17) is 0 Å². The lowest BCUT2D eigenvalue weighted by atomic mass is 9.86. The van der Waals surface area contributed by atoms with Crippen molar-refractivity contribution in [2.24, 2.45) is 5.92 Å². The Hall–Kier alpha value is 0.0500. The number of thioether (sulfide) groups is 1. The van der Waals surface area contributed by atoms with Crippen LogP contribution in [0.3, 0.4) is 0 Å². The van der Waals surface area contributed by atoms with Crippen LogP contribution in [0.5, 0.6) is 0 Å². The predicted octanol–water partition coefficient (Wildman–Crippen LogP) is 5.90. The first-order valence-electron chi connectivity index (χ1n) is 6.73. The Morgan fingerprint density at radius 3 is 2.76 bits per heavy atom. The summed E-state index contributed by atoms with van der Waals surface area (Å²) in [6.07, 6.45) is 10.2. The molecule has 1 aromatic carbocycles. The van der Waals surface area contributed by atoms with Gasteiger partial charge in [-0.25, -0.2) is 0 Å². The van der Waals surface area contributed by atoms with E-state index in [2.05, 4.69) is 40.2 Å². The Bertz CT molecular complexity index is 331. The van der Waals surface area contributed by atoms with Gasteiger partial charge in [-0.2, -0.15) is 0 Å². The van der Waals surface area contributed by atoms with E-state index in [1.54, 1.807) is 0 Å². The van der Waals surface area contributed by atoms with E-state index in [1.807, 2.05) is 11.8 Å². The summed E-state index contributed by atoms with van der Waals surface area (Å²) in [7, 11) is 0. The van der Waals surface area contributed by atoms with Gasteiger partial charge in [0.25, 0.3) is 0 Å². The van der Waals surface area contributed by atoms with Crippen LogP contribution in [-0.2, 0) is 0 Å². The molecule has 0 bridgehead atoms. The van der Waals surface area contributed by atoms with Gasteiger partial charge in [-0.1, -0.05) is 54.1 Å². The molecule has 0 amide bonds. The van der Waals surface area contributed by atoms with Gasteiger partial charge < -0.3 is 0 Å². The summed E-state index contributed by atoms with van der Waals surface area (Å²) in [5, 5.41) is 0. The maximum Gasteiger partial charge on any atom is 0.0186 e. The minimum Gasteiger partial charge on any atom is -0.126 e. The lowest BCUT2D eigenvalue weighted by molar-refractivity contribution is 0.337. The molecule has 0 nitrogen and oxygen atoms in total. The summed E-state index contributed by atoms with van der Waals surface area (Å²) < 4.78 is 1.19. The fraction of sp³-hybridized carbons (Fsp3) is 0.600. The molecular weight excluding hydrogens is 292 g/mol. The van der Waals surface area contributed by atoms with Crippen molar-refractivity contribution in [2.45, 2.75) is 49.8 Å². The molecule has 0 heterocycles. The van der Waals surface area contributed by atoms with E-state index in [1.165, 1.54) is 60.1 Å². The van der Waals surface area contributed by atoms with Gasteiger partial charge in [-0.3, -0.25) is 0 Å². The van der Waals surface area contributed by atoms with Crippen molar-refractivity contribution in [3.05, 3.63) is 28.7 Å². The molecule has 1 fully saturated rings. The maximum atomic E-state index is 3.52. The molecule has 2 heteroatoms. The van der Waals surface area contributed by atoms with Crippen LogP contribution in [0.2, 0.25) is 0 Å².